The number of hydrogen-bond donors (Lipinski definition) is 1. The first-order chi connectivity index (χ1) is 5.53. The molecule has 1 unspecified atom stereocenters. The van der Waals surface area contributed by atoms with Crippen LogP contribution in [-0.4, -0.2) is 28.3 Å². The number of aliphatic hydroxyl groups is 1. The molecule has 2 saturated heterocycles. The van der Waals surface area contributed by atoms with Crippen LogP contribution >= 0.6 is 11.6 Å². The molecule has 0 aromatic rings. The number of fused-ring (bicyclic) bond motifs is 2. The van der Waals surface area contributed by atoms with Gasteiger partial charge in [-0.1, -0.05) is 6.92 Å². The average molecular weight is 191 g/mol. The summed E-state index contributed by atoms with van der Waals surface area (Å²) in [4.78, 5) is -0.577. The Bertz CT molecular complexity index is 193. The van der Waals surface area contributed by atoms with Crippen LogP contribution in [0.5, 0.6) is 0 Å². The summed E-state index contributed by atoms with van der Waals surface area (Å²) >= 11 is 6.24. The predicted molar refractivity (Wildman–Crippen MR) is 47.3 cm³/mol. The molecule has 0 spiro atoms. The molecule has 0 saturated carbocycles. The monoisotopic (exact) mass is 190 g/mol. The van der Waals surface area contributed by atoms with Gasteiger partial charge in [0.15, 0.2) is 0 Å². The fourth-order valence-electron chi connectivity index (χ4n) is 2.37. The van der Waals surface area contributed by atoms with Gasteiger partial charge >= 0.3 is 0 Å². The highest BCUT2D eigenvalue weighted by atomic mass is 35.5. The van der Waals surface area contributed by atoms with E-state index in [0.29, 0.717) is 0 Å². The summed E-state index contributed by atoms with van der Waals surface area (Å²) in [5.74, 6) is 0.172. The summed E-state index contributed by atoms with van der Waals surface area (Å²) in [7, 11) is 0. The number of rotatable bonds is 0. The summed E-state index contributed by atoms with van der Waals surface area (Å²) < 4.78 is 5.70. The largest absolute Gasteiger partial charge is 0.391 e. The van der Waals surface area contributed by atoms with Crippen molar-refractivity contribution >= 4 is 11.6 Å². The van der Waals surface area contributed by atoms with Gasteiger partial charge in [-0.05, 0) is 19.8 Å². The quantitative estimate of drug-likeness (QED) is 0.588. The molecule has 0 aromatic carbocycles. The van der Waals surface area contributed by atoms with Gasteiger partial charge in [0.05, 0.1) is 23.2 Å². The van der Waals surface area contributed by atoms with E-state index in [0.717, 1.165) is 12.8 Å². The van der Waals surface area contributed by atoms with E-state index in [1.165, 1.54) is 0 Å². The summed E-state index contributed by atoms with van der Waals surface area (Å²) in [6.07, 6.45) is 1.90. The third-order valence-electron chi connectivity index (χ3n) is 3.34. The Morgan fingerprint density at radius 1 is 1.50 bits per heavy atom. The van der Waals surface area contributed by atoms with E-state index in [9.17, 15) is 5.11 Å². The maximum atomic E-state index is 9.87. The van der Waals surface area contributed by atoms with E-state index in [1.807, 2.05) is 13.8 Å². The second-order valence-electron chi connectivity index (χ2n) is 4.20. The summed E-state index contributed by atoms with van der Waals surface area (Å²) in [5, 5.41) is 9.87. The van der Waals surface area contributed by atoms with Crippen LogP contribution in [0.4, 0.5) is 0 Å². The Morgan fingerprint density at radius 3 is 2.83 bits per heavy atom. The smallest absolute Gasteiger partial charge is 0.0940 e. The minimum absolute atomic E-state index is 0.0513. The van der Waals surface area contributed by atoms with Crippen molar-refractivity contribution < 1.29 is 9.84 Å². The number of ether oxygens (including phenoxy) is 1. The van der Waals surface area contributed by atoms with Gasteiger partial charge in [0.1, 0.15) is 0 Å². The van der Waals surface area contributed by atoms with Crippen molar-refractivity contribution in [1.82, 2.24) is 0 Å². The third kappa shape index (κ3) is 1.02. The topological polar surface area (TPSA) is 29.5 Å². The number of aliphatic hydroxyl groups excluding tert-OH is 1. The van der Waals surface area contributed by atoms with Gasteiger partial charge in [-0.25, -0.2) is 0 Å². The average Bonchev–Trinajstić information content (AvgIpc) is 2.46. The lowest BCUT2D eigenvalue weighted by Gasteiger charge is -2.42. The standard InChI is InChI=1S/C9H15ClO2/c1-5-6-3-4-7(12-6)9(2,10)8(5)11/h5-8,11H,3-4H2,1-2H3/t5-,6+,7-,8?,9-/m1/s1. The fourth-order valence-corrected chi connectivity index (χ4v) is 2.73. The zero-order valence-corrected chi connectivity index (χ0v) is 8.21. The highest BCUT2D eigenvalue weighted by Gasteiger charge is 2.53. The first-order valence-electron chi connectivity index (χ1n) is 4.56. The molecule has 0 radical (unpaired) electrons. The molecule has 70 valence electrons. The Labute approximate surface area is 77.9 Å². The minimum Gasteiger partial charge on any atom is -0.391 e. The van der Waals surface area contributed by atoms with Crippen LogP contribution in [0, 0.1) is 5.92 Å². The van der Waals surface area contributed by atoms with Crippen molar-refractivity contribution in [3.63, 3.8) is 0 Å². The van der Waals surface area contributed by atoms with Crippen molar-refractivity contribution in [2.24, 2.45) is 5.92 Å². The van der Waals surface area contributed by atoms with Crippen molar-refractivity contribution in [1.29, 1.82) is 0 Å². The minimum atomic E-state index is -0.577. The van der Waals surface area contributed by atoms with E-state index < -0.39 is 11.0 Å². The number of hydrogen-bond acceptors (Lipinski definition) is 2. The molecule has 2 bridgehead atoms. The van der Waals surface area contributed by atoms with E-state index in [-0.39, 0.29) is 18.1 Å². The summed E-state index contributed by atoms with van der Waals surface area (Å²) in [6, 6.07) is 0. The molecule has 2 nitrogen and oxygen atoms in total. The van der Waals surface area contributed by atoms with E-state index in [1.54, 1.807) is 0 Å². The molecule has 3 heteroatoms. The van der Waals surface area contributed by atoms with Crippen LogP contribution in [0.2, 0.25) is 0 Å². The third-order valence-corrected chi connectivity index (χ3v) is 3.81. The second kappa shape index (κ2) is 2.60. The predicted octanol–water partition coefficient (Wildman–Crippen LogP) is 1.54. The molecule has 0 aromatic heterocycles. The van der Waals surface area contributed by atoms with E-state index in [4.69, 9.17) is 16.3 Å². The molecular weight excluding hydrogens is 176 g/mol. The maximum Gasteiger partial charge on any atom is 0.0940 e. The fraction of sp³-hybridized carbons (Fsp3) is 1.00. The van der Waals surface area contributed by atoms with Crippen molar-refractivity contribution in [2.75, 3.05) is 0 Å². The van der Waals surface area contributed by atoms with Crippen LogP contribution in [0.25, 0.3) is 0 Å². The first kappa shape index (κ1) is 8.79. The lowest BCUT2D eigenvalue weighted by atomic mass is 9.86. The van der Waals surface area contributed by atoms with Crippen LogP contribution in [-0.2, 0) is 4.74 Å². The van der Waals surface area contributed by atoms with Crippen LogP contribution in [0.1, 0.15) is 26.7 Å². The Balaban J connectivity index is 2.26. The van der Waals surface area contributed by atoms with Crippen molar-refractivity contribution in [3.8, 4) is 0 Å². The molecule has 5 atom stereocenters. The molecule has 0 amide bonds. The van der Waals surface area contributed by atoms with Gasteiger partial charge in [-0.15, -0.1) is 11.6 Å². The zero-order valence-electron chi connectivity index (χ0n) is 7.46. The van der Waals surface area contributed by atoms with E-state index in [2.05, 4.69) is 0 Å². The van der Waals surface area contributed by atoms with E-state index >= 15 is 0 Å². The Morgan fingerprint density at radius 2 is 2.17 bits per heavy atom. The molecule has 0 aliphatic carbocycles. The van der Waals surface area contributed by atoms with Gasteiger partial charge in [0.2, 0.25) is 0 Å². The van der Waals surface area contributed by atoms with Gasteiger partial charge in [0.25, 0.3) is 0 Å². The molecule has 1 N–H and O–H groups in total. The SMILES string of the molecule is C[C@H]1C(O)[C@](C)(Cl)[C@H]2CC[C@@H]1O2. The zero-order chi connectivity index (χ0) is 8.93. The van der Waals surface area contributed by atoms with Crippen molar-refractivity contribution in [2.45, 2.75) is 49.9 Å². The van der Waals surface area contributed by atoms with Gasteiger partial charge in [0, 0.05) is 5.92 Å². The molecule has 2 aliphatic rings. The van der Waals surface area contributed by atoms with Gasteiger partial charge in [-0.3, -0.25) is 0 Å². The lowest BCUT2D eigenvalue weighted by Crippen LogP contribution is -2.54. The summed E-state index contributed by atoms with van der Waals surface area (Å²) in [6.45, 7) is 3.89. The second-order valence-corrected chi connectivity index (χ2v) is 5.01. The number of alkyl halides is 1. The highest BCUT2D eigenvalue weighted by molar-refractivity contribution is 6.24. The molecule has 2 rings (SSSR count). The number of halogens is 1. The van der Waals surface area contributed by atoms with Crippen LogP contribution in [0.3, 0.4) is 0 Å². The molecule has 2 fully saturated rings. The molecule has 12 heavy (non-hydrogen) atoms. The Kier molecular flexibility index (Phi) is 1.90. The normalized spacial score (nSPS) is 59.0. The first-order valence-corrected chi connectivity index (χ1v) is 4.93. The molecule has 2 heterocycles. The summed E-state index contributed by atoms with van der Waals surface area (Å²) in [5.41, 5.74) is 0. The van der Waals surface area contributed by atoms with Crippen LogP contribution in [0.15, 0.2) is 0 Å². The highest BCUT2D eigenvalue weighted by Crippen LogP contribution is 2.45. The van der Waals surface area contributed by atoms with Gasteiger partial charge < -0.3 is 9.84 Å². The molecule has 2 aliphatic heterocycles. The van der Waals surface area contributed by atoms with Gasteiger partial charge in [-0.2, -0.15) is 0 Å². The molecular formula is C9H15ClO2. The van der Waals surface area contributed by atoms with Crippen molar-refractivity contribution in [3.05, 3.63) is 0 Å². The Hall–Kier alpha value is 0.210. The van der Waals surface area contributed by atoms with Crippen LogP contribution < -0.4 is 0 Å². The maximum absolute atomic E-state index is 9.87. The lowest BCUT2D eigenvalue weighted by molar-refractivity contribution is -0.114.